The predicted octanol–water partition coefficient (Wildman–Crippen LogP) is 4.43. The third-order valence-corrected chi connectivity index (χ3v) is 5.06. The minimum Gasteiger partial charge on any atom is -0.327 e. The van der Waals surface area contributed by atoms with Crippen LogP contribution in [0.5, 0.6) is 0 Å². The van der Waals surface area contributed by atoms with E-state index in [1.807, 2.05) is 16.8 Å². The van der Waals surface area contributed by atoms with Crippen LogP contribution >= 0.6 is 0 Å². The zero-order chi connectivity index (χ0) is 18.1. The van der Waals surface area contributed by atoms with Crippen molar-refractivity contribution in [2.45, 2.75) is 25.3 Å². The van der Waals surface area contributed by atoms with Crippen LogP contribution in [-0.2, 0) is 12.8 Å². The first-order chi connectivity index (χ1) is 12.6. The Morgan fingerprint density at radius 3 is 2.69 bits per heavy atom. The van der Waals surface area contributed by atoms with E-state index in [-0.39, 0.29) is 17.7 Å². The van der Waals surface area contributed by atoms with Crippen molar-refractivity contribution in [2.24, 2.45) is 5.92 Å². The molecule has 3 aromatic rings. The Hall–Kier alpha value is -3.00. The first-order valence-electron chi connectivity index (χ1n) is 8.58. The van der Waals surface area contributed by atoms with E-state index in [0.717, 1.165) is 30.5 Å². The average Bonchev–Trinajstić information content (AvgIpc) is 3.11. The first kappa shape index (κ1) is 16.5. The van der Waals surface area contributed by atoms with Crippen molar-refractivity contribution in [3.8, 4) is 6.07 Å². The van der Waals surface area contributed by atoms with Gasteiger partial charge in [-0.1, -0.05) is 18.2 Å². The van der Waals surface area contributed by atoms with Gasteiger partial charge >= 0.3 is 0 Å². The minimum atomic E-state index is -0.365. The lowest BCUT2D eigenvalue weighted by atomic mass is 9.83. The number of aromatic nitrogens is 2. The van der Waals surface area contributed by atoms with E-state index >= 15 is 0 Å². The Morgan fingerprint density at radius 2 is 1.96 bits per heavy atom. The third-order valence-electron chi connectivity index (χ3n) is 5.06. The molecule has 1 aromatic heterocycles. The Bertz CT molecular complexity index is 970. The molecule has 5 heteroatoms. The lowest BCUT2D eigenvalue weighted by molar-refractivity contribution is 0.337. The molecule has 0 bridgehead atoms. The van der Waals surface area contributed by atoms with Crippen LogP contribution in [0.4, 0.5) is 8.78 Å². The van der Waals surface area contributed by atoms with Gasteiger partial charge in [0, 0.05) is 17.5 Å². The van der Waals surface area contributed by atoms with Crippen molar-refractivity contribution < 1.29 is 8.78 Å². The lowest BCUT2D eigenvalue weighted by Gasteiger charge is -2.32. The fraction of sp³-hybridized carbons (Fsp3) is 0.238. The number of halogens is 2. The second-order valence-corrected chi connectivity index (χ2v) is 6.79. The molecule has 130 valence electrons. The summed E-state index contributed by atoms with van der Waals surface area (Å²) in [7, 11) is 0. The van der Waals surface area contributed by atoms with Crippen LogP contribution in [-0.4, -0.2) is 9.55 Å². The van der Waals surface area contributed by atoms with Crippen LogP contribution in [0.3, 0.4) is 0 Å². The van der Waals surface area contributed by atoms with Gasteiger partial charge in [0.1, 0.15) is 11.6 Å². The van der Waals surface area contributed by atoms with Crippen LogP contribution in [0.25, 0.3) is 0 Å². The van der Waals surface area contributed by atoms with E-state index in [4.69, 9.17) is 5.26 Å². The Balaban J connectivity index is 1.64. The van der Waals surface area contributed by atoms with E-state index in [0.29, 0.717) is 17.0 Å². The number of nitrogens with zero attached hydrogens (tertiary/aromatic N) is 3. The molecule has 2 heterocycles. The van der Waals surface area contributed by atoms with Gasteiger partial charge in [-0.2, -0.15) is 5.26 Å². The van der Waals surface area contributed by atoms with E-state index in [9.17, 15) is 8.78 Å². The molecule has 0 spiro atoms. The first-order valence-corrected chi connectivity index (χ1v) is 8.58. The molecule has 26 heavy (non-hydrogen) atoms. The SMILES string of the molecule is N#Cc1ccc(C2CC(Cc3ccc(F)cc3)Cc3cncn32)c(F)c1. The molecule has 0 fully saturated rings. The van der Waals surface area contributed by atoms with E-state index in [1.54, 1.807) is 30.6 Å². The molecular weight excluding hydrogens is 332 g/mol. The summed E-state index contributed by atoms with van der Waals surface area (Å²) < 4.78 is 29.7. The summed E-state index contributed by atoms with van der Waals surface area (Å²) in [5.41, 5.74) is 3.03. The Kier molecular flexibility index (Phi) is 4.26. The van der Waals surface area contributed by atoms with Crippen molar-refractivity contribution in [2.75, 3.05) is 0 Å². The largest absolute Gasteiger partial charge is 0.327 e. The van der Waals surface area contributed by atoms with E-state index < -0.39 is 0 Å². The maximum Gasteiger partial charge on any atom is 0.129 e. The number of rotatable bonds is 3. The summed E-state index contributed by atoms with van der Waals surface area (Å²) in [6.07, 6.45) is 5.99. The van der Waals surface area contributed by atoms with Crippen LogP contribution in [0.15, 0.2) is 55.0 Å². The molecule has 2 atom stereocenters. The predicted molar refractivity (Wildman–Crippen MR) is 93.4 cm³/mol. The molecular formula is C21H17F2N3. The van der Waals surface area contributed by atoms with Crippen molar-refractivity contribution in [3.05, 3.63) is 89.0 Å². The molecule has 3 nitrogen and oxygen atoms in total. The van der Waals surface area contributed by atoms with Crippen LogP contribution in [0, 0.1) is 28.9 Å². The molecule has 0 N–H and O–H groups in total. The number of nitriles is 1. The highest BCUT2D eigenvalue weighted by Crippen LogP contribution is 2.36. The van der Waals surface area contributed by atoms with Gasteiger partial charge < -0.3 is 4.57 Å². The molecule has 2 unspecified atom stereocenters. The molecule has 2 aromatic carbocycles. The van der Waals surface area contributed by atoms with Crippen molar-refractivity contribution in [1.29, 1.82) is 5.26 Å². The maximum absolute atomic E-state index is 14.6. The molecule has 0 aliphatic carbocycles. The van der Waals surface area contributed by atoms with Crippen molar-refractivity contribution >= 4 is 0 Å². The van der Waals surface area contributed by atoms with Gasteiger partial charge in [0.2, 0.25) is 0 Å². The third kappa shape index (κ3) is 3.11. The van der Waals surface area contributed by atoms with Gasteiger partial charge in [0.15, 0.2) is 0 Å². The van der Waals surface area contributed by atoms with Gasteiger partial charge in [-0.3, -0.25) is 0 Å². The zero-order valence-corrected chi connectivity index (χ0v) is 14.1. The Labute approximate surface area is 150 Å². The minimum absolute atomic E-state index is 0.153. The van der Waals surface area contributed by atoms with Gasteiger partial charge in [-0.25, -0.2) is 13.8 Å². The van der Waals surface area contributed by atoms with Gasteiger partial charge in [0.25, 0.3) is 0 Å². The standard InChI is InChI=1S/C21H17F2N3/c22-17-4-1-14(2-5-17)7-16-8-18-12-25-13-26(18)21(10-16)19-6-3-15(11-24)9-20(19)23/h1-6,9,12-13,16,21H,7-8,10H2. The van der Waals surface area contributed by atoms with Crippen LogP contribution in [0.2, 0.25) is 0 Å². The fourth-order valence-corrected chi connectivity index (χ4v) is 3.83. The number of fused-ring (bicyclic) bond motifs is 1. The fourth-order valence-electron chi connectivity index (χ4n) is 3.83. The zero-order valence-electron chi connectivity index (χ0n) is 14.1. The highest BCUT2D eigenvalue weighted by atomic mass is 19.1. The number of imidazole rings is 1. The topological polar surface area (TPSA) is 41.6 Å². The smallest absolute Gasteiger partial charge is 0.129 e. The van der Waals surface area contributed by atoms with Gasteiger partial charge in [-0.05, 0) is 55.0 Å². The summed E-state index contributed by atoms with van der Waals surface area (Å²) in [6.45, 7) is 0. The molecule has 1 aliphatic heterocycles. The van der Waals surface area contributed by atoms with Crippen LogP contribution in [0.1, 0.15) is 34.8 Å². The molecule has 4 rings (SSSR count). The summed E-state index contributed by atoms with van der Waals surface area (Å²) >= 11 is 0. The number of benzene rings is 2. The lowest BCUT2D eigenvalue weighted by Crippen LogP contribution is -2.26. The Morgan fingerprint density at radius 1 is 1.15 bits per heavy atom. The summed E-state index contributed by atoms with van der Waals surface area (Å²) in [6, 6.07) is 13.0. The molecule has 0 saturated carbocycles. The molecule has 1 aliphatic rings. The van der Waals surface area contributed by atoms with E-state index in [2.05, 4.69) is 4.98 Å². The summed E-state index contributed by atoms with van der Waals surface area (Å²) in [5.74, 6) is -0.297. The molecule has 0 amide bonds. The maximum atomic E-state index is 14.6. The highest BCUT2D eigenvalue weighted by Gasteiger charge is 2.29. The second-order valence-electron chi connectivity index (χ2n) is 6.79. The number of hydrogen-bond acceptors (Lipinski definition) is 2. The van der Waals surface area contributed by atoms with Crippen LogP contribution < -0.4 is 0 Å². The quantitative estimate of drug-likeness (QED) is 0.702. The summed E-state index contributed by atoms with van der Waals surface area (Å²) in [5, 5.41) is 8.96. The normalized spacial score (nSPS) is 19.0. The molecule has 0 radical (unpaired) electrons. The van der Waals surface area contributed by atoms with Crippen molar-refractivity contribution in [3.63, 3.8) is 0 Å². The number of hydrogen-bond donors (Lipinski definition) is 0. The average molecular weight is 349 g/mol. The van der Waals surface area contributed by atoms with E-state index in [1.165, 1.54) is 18.2 Å². The summed E-state index contributed by atoms with van der Waals surface area (Å²) in [4.78, 5) is 4.23. The van der Waals surface area contributed by atoms with Gasteiger partial charge in [-0.15, -0.1) is 0 Å². The second kappa shape index (κ2) is 6.72. The highest BCUT2D eigenvalue weighted by molar-refractivity contribution is 5.35. The monoisotopic (exact) mass is 349 g/mol. The molecule has 0 saturated heterocycles. The van der Waals surface area contributed by atoms with Gasteiger partial charge in [0.05, 0.1) is 24.0 Å². The van der Waals surface area contributed by atoms with Crippen molar-refractivity contribution in [1.82, 2.24) is 9.55 Å².